The fourth-order valence-corrected chi connectivity index (χ4v) is 0.927. The van der Waals surface area contributed by atoms with Crippen LogP contribution in [0.5, 0.6) is 0 Å². The first-order valence-electron chi connectivity index (χ1n) is 3.32. The highest BCUT2D eigenvalue weighted by Gasteiger charge is 1.83. The zero-order valence-corrected chi connectivity index (χ0v) is 7.89. The molecule has 1 nitrogen and oxygen atoms in total. The van der Waals surface area contributed by atoms with Crippen molar-refractivity contribution in [3.05, 3.63) is 9.84 Å². The van der Waals surface area contributed by atoms with E-state index in [2.05, 4.69) is 6.92 Å². The number of hydrogen-bond donors (Lipinski definition) is 1. The summed E-state index contributed by atoms with van der Waals surface area (Å²) in [6.45, 7) is 2.17. The third-order valence-electron chi connectivity index (χ3n) is 1.12. The second kappa shape index (κ2) is 6.39. The van der Waals surface area contributed by atoms with Gasteiger partial charge in [-0.1, -0.05) is 19.8 Å². The Hall–Kier alpha value is 0.270. The molecule has 0 aliphatic rings. The van der Waals surface area contributed by atoms with Crippen molar-refractivity contribution in [2.75, 3.05) is 0 Å². The molecule has 2 heteroatoms. The lowest BCUT2D eigenvalue weighted by Gasteiger charge is -1.90. The second-order valence-corrected chi connectivity index (χ2v) is 3.13. The molecule has 0 fully saturated rings. The number of aliphatic hydroxyl groups is 1. The third kappa shape index (κ3) is 8.27. The summed E-state index contributed by atoms with van der Waals surface area (Å²) in [5.41, 5.74) is 0. The molecule has 0 aliphatic carbocycles. The number of unbranched alkanes of at least 4 members (excludes halogenated alkanes) is 3. The van der Waals surface area contributed by atoms with Crippen LogP contribution in [-0.4, -0.2) is 5.11 Å². The summed E-state index contributed by atoms with van der Waals surface area (Å²) in [5, 5.41) is 8.70. The van der Waals surface area contributed by atoms with Crippen molar-refractivity contribution < 1.29 is 5.11 Å². The standard InChI is InChI=1S/C7H13IO/c1-2-3-4-5-6-7(8)9/h6,9H,2-5H2,1H3/b7-6+. The van der Waals surface area contributed by atoms with Crippen LogP contribution < -0.4 is 0 Å². The van der Waals surface area contributed by atoms with E-state index in [9.17, 15) is 0 Å². The monoisotopic (exact) mass is 240 g/mol. The Morgan fingerprint density at radius 2 is 2.22 bits per heavy atom. The summed E-state index contributed by atoms with van der Waals surface area (Å²) >= 11 is 1.91. The van der Waals surface area contributed by atoms with Gasteiger partial charge < -0.3 is 5.11 Å². The Kier molecular flexibility index (Phi) is 6.58. The lowest BCUT2D eigenvalue weighted by atomic mass is 10.2. The van der Waals surface area contributed by atoms with Crippen LogP contribution in [0.25, 0.3) is 0 Å². The lowest BCUT2D eigenvalue weighted by Crippen LogP contribution is -1.71. The largest absolute Gasteiger partial charge is 0.503 e. The summed E-state index contributed by atoms with van der Waals surface area (Å²) in [6.07, 6.45) is 6.58. The van der Waals surface area contributed by atoms with E-state index in [1.807, 2.05) is 28.7 Å². The maximum atomic E-state index is 8.70. The van der Waals surface area contributed by atoms with E-state index in [0.717, 1.165) is 6.42 Å². The van der Waals surface area contributed by atoms with E-state index in [0.29, 0.717) is 3.77 Å². The Morgan fingerprint density at radius 1 is 1.56 bits per heavy atom. The molecule has 9 heavy (non-hydrogen) atoms. The van der Waals surface area contributed by atoms with Crippen LogP contribution in [0.15, 0.2) is 9.84 Å². The van der Waals surface area contributed by atoms with E-state index in [-0.39, 0.29) is 0 Å². The molecule has 0 atom stereocenters. The van der Waals surface area contributed by atoms with Crippen LogP contribution >= 0.6 is 22.6 Å². The van der Waals surface area contributed by atoms with Gasteiger partial charge in [0.05, 0.1) is 0 Å². The molecule has 0 aromatic heterocycles. The van der Waals surface area contributed by atoms with Gasteiger partial charge in [-0.25, -0.2) is 0 Å². The molecule has 0 spiro atoms. The third-order valence-corrected chi connectivity index (χ3v) is 1.56. The van der Waals surface area contributed by atoms with Crippen LogP contribution in [0.3, 0.4) is 0 Å². The first kappa shape index (κ1) is 9.27. The molecular formula is C7H13IO. The summed E-state index contributed by atoms with van der Waals surface area (Å²) in [5.74, 6) is 0. The van der Waals surface area contributed by atoms with Gasteiger partial charge in [-0.15, -0.1) is 0 Å². The minimum atomic E-state index is 0.420. The van der Waals surface area contributed by atoms with Gasteiger partial charge >= 0.3 is 0 Å². The van der Waals surface area contributed by atoms with Gasteiger partial charge in [-0.05, 0) is 41.5 Å². The first-order valence-corrected chi connectivity index (χ1v) is 4.40. The maximum Gasteiger partial charge on any atom is 0.149 e. The fraction of sp³-hybridized carbons (Fsp3) is 0.714. The molecule has 0 saturated heterocycles. The minimum absolute atomic E-state index is 0.420. The van der Waals surface area contributed by atoms with Crippen molar-refractivity contribution >= 4 is 22.6 Å². The zero-order valence-electron chi connectivity index (χ0n) is 5.73. The minimum Gasteiger partial charge on any atom is -0.503 e. The maximum absolute atomic E-state index is 8.70. The van der Waals surface area contributed by atoms with Gasteiger partial charge in [0.25, 0.3) is 0 Å². The molecular weight excluding hydrogens is 227 g/mol. The van der Waals surface area contributed by atoms with Crippen molar-refractivity contribution in [3.8, 4) is 0 Å². The number of rotatable bonds is 4. The summed E-state index contributed by atoms with van der Waals surface area (Å²) in [7, 11) is 0. The van der Waals surface area contributed by atoms with Gasteiger partial charge in [0.1, 0.15) is 3.77 Å². The molecule has 0 rings (SSSR count). The first-order chi connectivity index (χ1) is 4.27. The van der Waals surface area contributed by atoms with Crippen molar-refractivity contribution in [2.24, 2.45) is 0 Å². The normalized spacial score (nSPS) is 12.0. The van der Waals surface area contributed by atoms with Crippen LogP contribution in [0.1, 0.15) is 32.6 Å². The molecule has 1 N–H and O–H groups in total. The molecule has 0 aliphatic heterocycles. The van der Waals surface area contributed by atoms with Crippen LogP contribution in [0, 0.1) is 0 Å². The number of halogens is 1. The molecule has 0 bridgehead atoms. The lowest BCUT2D eigenvalue weighted by molar-refractivity contribution is 0.461. The Balaban J connectivity index is 3.00. The van der Waals surface area contributed by atoms with Gasteiger partial charge in [-0.2, -0.15) is 0 Å². The quantitative estimate of drug-likeness (QED) is 0.453. The Bertz CT molecular complexity index is 84.9. The topological polar surface area (TPSA) is 20.2 Å². The average molecular weight is 240 g/mol. The van der Waals surface area contributed by atoms with E-state index >= 15 is 0 Å². The summed E-state index contributed by atoms with van der Waals surface area (Å²) < 4.78 is 0.420. The van der Waals surface area contributed by atoms with Crippen LogP contribution in [0.2, 0.25) is 0 Å². The smallest absolute Gasteiger partial charge is 0.149 e. The predicted molar refractivity (Wildman–Crippen MR) is 48.9 cm³/mol. The molecule has 54 valence electrons. The van der Waals surface area contributed by atoms with Gasteiger partial charge in [0, 0.05) is 0 Å². The Labute approximate surface area is 70.3 Å². The van der Waals surface area contributed by atoms with Crippen molar-refractivity contribution in [1.29, 1.82) is 0 Å². The molecule has 0 saturated carbocycles. The van der Waals surface area contributed by atoms with Crippen molar-refractivity contribution in [1.82, 2.24) is 0 Å². The van der Waals surface area contributed by atoms with Crippen LogP contribution in [-0.2, 0) is 0 Å². The Morgan fingerprint density at radius 3 is 2.67 bits per heavy atom. The number of aliphatic hydroxyl groups excluding tert-OH is 1. The van der Waals surface area contributed by atoms with E-state index in [1.54, 1.807) is 0 Å². The molecule has 0 amide bonds. The summed E-state index contributed by atoms with van der Waals surface area (Å²) in [4.78, 5) is 0. The van der Waals surface area contributed by atoms with Crippen molar-refractivity contribution in [3.63, 3.8) is 0 Å². The highest BCUT2D eigenvalue weighted by Crippen LogP contribution is 2.05. The molecule has 0 radical (unpaired) electrons. The molecule has 0 unspecified atom stereocenters. The molecule has 0 heterocycles. The zero-order chi connectivity index (χ0) is 7.11. The van der Waals surface area contributed by atoms with Crippen LogP contribution in [0.4, 0.5) is 0 Å². The summed E-state index contributed by atoms with van der Waals surface area (Å²) in [6, 6.07) is 0. The van der Waals surface area contributed by atoms with Gasteiger partial charge in [-0.3, -0.25) is 0 Å². The van der Waals surface area contributed by atoms with E-state index in [4.69, 9.17) is 5.11 Å². The predicted octanol–water partition coefficient (Wildman–Crippen LogP) is 3.40. The van der Waals surface area contributed by atoms with Gasteiger partial charge in [0.2, 0.25) is 0 Å². The van der Waals surface area contributed by atoms with Crippen molar-refractivity contribution in [2.45, 2.75) is 32.6 Å². The van der Waals surface area contributed by atoms with E-state index in [1.165, 1.54) is 19.3 Å². The van der Waals surface area contributed by atoms with Gasteiger partial charge in [0.15, 0.2) is 0 Å². The average Bonchev–Trinajstić information content (AvgIpc) is 1.80. The highest BCUT2D eigenvalue weighted by atomic mass is 127. The number of allylic oxidation sites excluding steroid dienone is 1. The molecule has 0 aromatic carbocycles. The van der Waals surface area contributed by atoms with E-state index < -0.39 is 0 Å². The SMILES string of the molecule is CCCCC/C=C(/O)I. The molecule has 0 aromatic rings. The highest BCUT2D eigenvalue weighted by molar-refractivity contribution is 14.1. The number of hydrogen-bond acceptors (Lipinski definition) is 1. The second-order valence-electron chi connectivity index (χ2n) is 2.02. The fourth-order valence-electron chi connectivity index (χ4n) is 0.616.